The van der Waals surface area contributed by atoms with Gasteiger partial charge >= 0.3 is 0 Å². The monoisotopic (exact) mass is 377 g/mol. The normalized spacial score (nSPS) is 18.2. The Balaban J connectivity index is 1.87. The van der Waals surface area contributed by atoms with Crippen LogP contribution in [-0.4, -0.2) is 18.5 Å². The lowest BCUT2D eigenvalue weighted by Crippen LogP contribution is -2.45. The number of halogens is 1. The third-order valence-electron chi connectivity index (χ3n) is 5.44. The Morgan fingerprint density at radius 1 is 1.29 bits per heavy atom. The van der Waals surface area contributed by atoms with Gasteiger partial charge in [0.15, 0.2) is 0 Å². The van der Waals surface area contributed by atoms with Crippen molar-refractivity contribution in [2.45, 2.75) is 38.6 Å². The van der Waals surface area contributed by atoms with Crippen LogP contribution in [0.15, 0.2) is 48.0 Å². The van der Waals surface area contributed by atoms with Gasteiger partial charge in [0.1, 0.15) is 17.5 Å². The Bertz CT molecular complexity index is 970. The first-order valence-electron chi connectivity index (χ1n) is 9.28. The molecule has 0 saturated carbocycles. The van der Waals surface area contributed by atoms with Crippen molar-refractivity contribution in [1.82, 2.24) is 0 Å². The number of nitrogens with zero attached hydrogens (tertiary/aromatic N) is 2. The summed E-state index contributed by atoms with van der Waals surface area (Å²) >= 11 is 0. The molecule has 144 valence electrons. The van der Waals surface area contributed by atoms with Crippen molar-refractivity contribution in [2.75, 3.05) is 17.3 Å². The number of hydrogen-bond donors (Lipinski definition) is 1. The third kappa shape index (κ3) is 3.91. The minimum atomic E-state index is -0.516. The van der Waals surface area contributed by atoms with Crippen LogP contribution in [0.5, 0.6) is 0 Å². The molecule has 1 N–H and O–H groups in total. The average molecular weight is 377 g/mol. The molecule has 0 fully saturated rings. The van der Waals surface area contributed by atoms with Crippen LogP contribution >= 0.6 is 0 Å². The zero-order valence-electron chi connectivity index (χ0n) is 16.6. The van der Waals surface area contributed by atoms with Gasteiger partial charge in [-0.2, -0.15) is 5.26 Å². The number of anilines is 2. The lowest BCUT2D eigenvalue weighted by molar-refractivity contribution is -0.112. The van der Waals surface area contributed by atoms with Gasteiger partial charge in [-0.05, 0) is 79.8 Å². The molecule has 0 unspecified atom stereocenters. The number of benzene rings is 2. The molecule has 1 heterocycles. The first kappa shape index (κ1) is 19.6. The van der Waals surface area contributed by atoms with Crippen LogP contribution in [0, 0.1) is 17.1 Å². The molecule has 0 aliphatic carbocycles. The number of amides is 1. The molecule has 0 aromatic heterocycles. The van der Waals surface area contributed by atoms with E-state index in [0.717, 1.165) is 12.0 Å². The van der Waals surface area contributed by atoms with Crippen LogP contribution < -0.4 is 10.2 Å². The molecule has 0 radical (unpaired) electrons. The molecule has 3 rings (SSSR count). The highest BCUT2D eigenvalue weighted by Crippen LogP contribution is 2.42. The summed E-state index contributed by atoms with van der Waals surface area (Å²) in [6.07, 6.45) is 2.62. The van der Waals surface area contributed by atoms with E-state index in [9.17, 15) is 14.4 Å². The molecule has 1 aliphatic heterocycles. The first-order valence-corrected chi connectivity index (χ1v) is 9.28. The Hall–Kier alpha value is -3.13. The molecule has 1 amide bonds. The van der Waals surface area contributed by atoms with E-state index in [1.54, 1.807) is 6.08 Å². The fourth-order valence-corrected chi connectivity index (χ4v) is 3.73. The fraction of sp³-hybridized carbons (Fsp3) is 0.304. The van der Waals surface area contributed by atoms with Gasteiger partial charge in [-0.3, -0.25) is 4.79 Å². The topological polar surface area (TPSA) is 56.1 Å². The zero-order valence-corrected chi connectivity index (χ0v) is 16.6. The maximum absolute atomic E-state index is 13.0. The van der Waals surface area contributed by atoms with Crippen molar-refractivity contribution in [2.24, 2.45) is 0 Å². The van der Waals surface area contributed by atoms with Crippen LogP contribution in [0.25, 0.3) is 6.08 Å². The SMILES string of the molecule is C[C@@H]1CC(C)(C)N(C)c2ccc(/C=C(/C#N)C(=O)Nc3ccc(F)cc3)cc21. The maximum atomic E-state index is 13.0. The van der Waals surface area contributed by atoms with E-state index in [2.05, 4.69) is 38.0 Å². The van der Waals surface area contributed by atoms with Gasteiger partial charge in [0.05, 0.1) is 0 Å². The van der Waals surface area contributed by atoms with E-state index < -0.39 is 5.91 Å². The molecule has 4 nitrogen and oxygen atoms in total. The number of nitrogens with one attached hydrogen (secondary N) is 1. The van der Waals surface area contributed by atoms with Gasteiger partial charge in [-0.15, -0.1) is 0 Å². The lowest BCUT2D eigenvalue weighted by atomic mass is 9.80. The number of hydrogen-bond acceptors (Lipinski definition) is 3. The van der Waals surface area contributed by atoms with E-state index in [0.29, 0.717) is 11.6 Å². The third-order valence-corrected chi connectivity index (χ3v) is 5.44. The van der Waals surface area contributed by atoms with Gasteiger partial charge in [0, 0.05) is 24.0 Å². The van der Waals surface area contributed by atoms with Gasteiger partial charge in [0.25, 0.3) is 5.91 Å². The van der Waals surface area contributed by atoms with Crippen molar-refractivity contribution in [3.8, 4) is 6.07 Å². The molecule has 5 heteroatoms. The Labute approximate surface area is 165 Å². The predicted octanol–water partition coefficient (Wildman–Crippen LogP) is 5.09. The molecule has 28 heavy (non-hydrogen) atoms. The summed E-state index contributed by atoms with van der Waals surface area (Å²) in [6, 6.07) is 13.4. The van der Waals surface area contributed by atoms with Crippen molar-refractivity contribution in [3.05, 3.63) is 65.0 Å². The van der Waals surface area contributed by atoms with E-state index in [1.807, 2.05) is 24.3 Å². The predicted molar refractivity (Wildman–Crippen MR) is 111 cm³/mol. The quantitative estimate of drug-likeness (QED) is 0.598. The minimum absolute atomic E-state index is 0.00132. The molecule has 2 aromatic carbocycles. The Morgan fingerprint density at radius 3 is 2.61 bits per heavy atom. The van der Waals surface area contributed by atoms with Crippen molar-refractivity contribution >= 4 is 23.4 Å². The van der Waals surface area contributed by atoms with Gasteiger partial charge in [-0.25, -0.2) is 4.39 Å². The van der Waals surface area contributed by atoms with Crippen LogP contribution in [0.4, 0.5) is 15.8 Å². The van der Waals surface area contributed by atoms with Crippen molar-refractivity contribution in [3.63, 3.8) is 0 Å². The van der Waals surface area contributed by atoms with Crippen molar-refractivity contribution in [1.29, 1.82) is 5.26 Å². The summed E-state index contributed by atoms with van der Waals surface area (Å²) in [4.78, 5) is 14.7. The van der Waals surface area contributed by atoms with E-state index in [1.165, 1.54) is 35.5 Å². The molecule has 1 atom stereocenters. The molecular weight excluding hydrogens is 353 g/mol. The summed E-state index contributed by atoms with van der Waals surface area (Å²) in [5.74, 6) is -0.517. The van der Waals surface area contributed by atoms with E-state index in [-0.39, 0.29) is 16.9 Å². The number of carbonyl (C=O) groups excluding carboxylic acids is 1. The highest BCUT2D eigenvalue weighted by molar-refractivity contribution is 6.09. The highest BCUT2D eigenvalue weighted by Gasteiger charge is 2.33. The molecule has 0 bridgehead atoms. The first-order chi connectivity index (χ1) is 13.2. The molecule has 1 aliphatic rings. The standard InChI is InChI=1S/C23H24FN3O/c1-15-13-23(2,3)27(4)21-10-5-16(12-20(15)21)11-17(14-25)22(28)26-19-8-6-18(24)7-9-19/h5-12,15H,13H2,1-4H3,(H,26,28)/b17-11-/t15-/m1/s1. The van der Waals surface area contributed by atoms with Crippen LogP contribution in [-0.2, 0) is 4.79 Å². The smallest absolute Gasteiger partial charge is 0.266 e. The van der Waals surface area contributed by atoms with Gasteiger partial charge in [-0.1, -0.05) is 13.0 Å². The average Bonchev–Trinajstić information content (AvgIpc) is 2.65. The summed E-state index contributed by atoms with van der Waals surface area (Å²) < 4.78 is 13.0. The molecule has 0 saturated heterocycles. The largest absolute Gasteiger partial charge is 0.369 e. The van der Waals surface area contributed by atoms with Crippen LogP contribution in [0.1, 0.15) is 44.2 Å². The van der Waals surface area contributed by atoms with Crippen molar-refractivity contribution < 1.29 is 9.18 Å². The highest BCUT2D eigenvalue weighted by atomic mass is 19.1. The summed E-state index contributed by atoms with van der Waals surface area (Å²) in [5, 5.41) is 12.1. The second-order valence-electron chi connectivity index (χ2n) is 7.93. The van der Waals surface area contributed by atoms with Crippen LogP contribution in [0.2, 0.25) is 0 Å². The maximum Gasteiger partial charge on any atom is 0.266 e. The summed E-state index contributed by atoms with van der Waals surface area (Å²) in [7, 11) is 2.09. The van der Waals surface area contributed by atoms with Gasteiger partial charge < -0.3 is 10.2 Å². The van der Waals surface area contributed by atoms with Gasteiger partial charge in [0.2, 0.25) is 0 Å². The number of nitriles is 1. The Kier molecular flexibility index (Phi) is 5.24. The lowest BCUT2D eigenvalue weighted by Gasteiger charge is -2.45. The zero-order chi connectivity index (χ0) is 20.5. The number of rotatable bonds is 3. The minimum Gasteiger partial charge on any atom is -0.369 e. The van der Waals surface area contributed by atoms with Crippen LogP contribution in [0.3, 0.4) is 0 Å². The second kappa shape index (κ2) is 7.47. The molecule has 0 spiro atoms. The summed E-state index contributed by atoms with van der Waals surface area (Å²) in [5.41, 5.74) is 3.72. The number of carbonyl (C=O) groups is 1. The summed E-state index contributed by atoms with van der Waals surface area (Å²) in [6.45, 7) is 6.66. The Morgan fingerprint density at radius 2 is 1.96 bits per heavy atom. The number of fused-ring (bicyclic) bond motifs is 1. The van der Waals surface area contributed by atoms with E-state index in [4.69, 9.17) is 0 Å². The fourth-order valence-electron chi connectivity index (χ4n) is 3.73. The van der Waals surface area contributed by atoms with E-state index >= 15 is 0 Å². The molecule has 2 aromatic rings. The molecular formula is C23H24FN3O. The second-order valence-corrected chi connectivity index (χ2v) is 7.93.